The van der Waals surface area contributed by atoms with Crippen molar-refractivity contribution >= 4 is 11.6 Å². The summed E-state index contributed by atoms with van der Waals surface area (Å²) in [5, 5.41) is 0. The number of hydrogen-bond donors (Lipinski definition) is 0. The average molecular weight is 267 g/mol. The highest BCUT2D eigenvalue weighted by Crippen LogP contribution is 2.22. The summed E-state index contributed by atoms with van der Waals surface area (Å²) in [6.07, 6.45) is 1.34. The summed E-state index contributed by atoms with van der Waals surface area (Å²) < 4.78 is 13.2. The molecule has 0 aromatic heterocycles. The van der Waals surface area contributed by atoms with Crippen LogP contribution in [0.25, 0.3) is 0 Å². The van der Waals surface area contributed by atoms with Gasteiger partial charge in [-0.2, -0.15) is 0 Å². The van der Waals surface area contributed by atoms with Crippen LogP contribution in [0.15, 0.2) is 18.2 Å². The fourth-order valence-corrected chi connectivity index (χ4v) is 1.78. The molecule has 1 unspecified atom stereocenters. The van der Waals surface area contributed by atoms with E-state index in [0.717, 1.165) is 12.1 Å². The van der Waals surface area contributed by atoms with Crippen molar-refractivity contribution in [3.63, 3.8) is 0 Å². The van der Waals surface area contributed by atoms with Gasteiger partial charge in [-0.1, -0.05) is 27.7 Å². The number of anilines is 1. The summed E-state index contributed by atoms with van der Waals surface area (Å²) >= 11 is 0. The minimum absolute atomic E-state index is 0.0744. The van der Waals surface area contributed by atoms with E-state index in [4.69, 9.17) is 0 Å². The molecule has 1 aromatic rings. The van der Waals surface area contributed by atoms with Gasteiger partial charge in [0.2, 0.25) is 5.91 Å². The first-order valence-electron chi connectivity index (χ1n) is 7.09. The summed E-state index contributed by atoms with van der Waals surface area (Å²) in [7, 11) is 0. The second-order valence-corrected chi connectivity index (χ2v) is 4.31. The first kappa shape index (κ1) is 17.6. The number of carbonyl (C=O) groups excluding carboxylic acids is 1. The van der Waals surface area contributed by atoms with Crippen molar-refractivity contribution < 1.29 is 9.18 Å². The molecule has 19 heavy (non-hydrogen) atoms. The van der Waals surface area contributed by atoms with E-state index in [2.05, 4.69) is 0 Å². The van der Waals surface area contributed by atoms with Gasteiger partial charge in [-0.05, 0) is 44.0 Å². The predicted octanol–water partition coefficient (Wildman–Crippen LogP) is 4.70. The van der Waals surface area contributed by atoms with Crippen LogP contribution in [0.1, 0.15) is 53.0 Å². The Bertz CT molecular complexity index is 404. The zero-order valence-corrected chi connectivity index (χ0v) is 13.0. The minimum Gasteiger partial charge on any atom is -0.310 e. The van der Waals surface area contributed by atoms with Crippen LogP contribution in [0.4, 0.5) is 10.1 Å². The molecule has 1 rings (SSSR count). The van der Waals surface area contributed by atoms with Crippen LogP contribution in [-0.4, -0.2) is 11.9 Å². The van der Waals surface area contributed by atoms with E-state index in [0.29, 0.717) is 12.0 Å². The van der Waals surface area contributed by atoms with E-state index < -0.39 is 0 Å². The molecule has 0 aliphatic heterocycles. The fraction of sp³-hybridized carbons (Fsp3) is 0.562. The lowest BCUT2D eigenvalue weighted by atomic mass is 10.1. The van der Waals surface area contributed by atoms with Gasteiger partial charge in [-0.3, -0.25) is 4.79 Å². The van der Waals surface area contributed by atoms with E-state index in [-0.39, 0.29) is 17.8 Å². The Kier molecular flexibility index (Phi) is 8.05. The minimum atomic E-state index is -0.234. The molecule has 2 nitrogen and oxygen atoms in total. The zero-order valence-electron chi connectivity index (χ0n) is 13.0. The number of rotatable bonds is 4. The van der Waals surface area contributed by atoms with Crippen molar-refractivity contribution in [3.05, 3.63) is 29.6 Å². The van der Waals surface area contributed by atoms with Gasteiger partial charge < -0.3 is 4.90 Å². The molecule has 108 valence electrons. The predicted molar refractivity (Wildman–Crippen MR) is 80.0 cm³/mol. The first-order chi connectivity index (χ1) is 9.01. The van der Waals surface area contributed by atoms with Crippen LogP contribution < -0.4 is 4.90 Å². The number of carbonyl (C=O) groups is 1. The van der Waals surface area contributed by atoms with Gasteiger partial charge in [-0.15, -0.1) is 0 Å². The van der Waals surface area contributed by atoms with Gasteiger partial charge in [0.15, 0.2) is 0 Å². The second-order valence-electron chi connectivity index (χ2n) is 4.31. The number of nitrogens with zero attached hydrogens (tertiary/aromatic N) is 1. The highest BCUT2D eigenvalue weighted by molar-refractivity contribution is 5.93. The Labute approximate surface area is 116 Å². The number of hydrogen-bond acceptors (Lipinski definition) is 1. The Morgan fingerprint density at radius 2 is 1.89 bits per heavy atom. The fourth-order valence-electron chi connectivity index (χ4n) is 1.78. The summed E-state index contributed by atoms with van der Waals surface area (Å²) in [6, 6.07) is 4.95. The molecule has 1 amide bonds. The van der Waals surface area contributed by atoms with E-state index in [9.17, 15) is 9.18 Å². The number of amides is 1. The quantitative estimate of drug-likeness (QED) is 0.774. The second kappa shape index (κ2) is 8.68. The molecule has 0 N–H and O–H groups in total. The maximum absolute atomic E-state index is 13.2. The third-order valence-corrected chi connectivity index (χ3v) is 3.02. The van der Waals surface area contributed by atoms with Crippen LogP contribution in [0, 0.1) is 12.7 Å². The molecule has 0 saturated carbocycles. The van der Waals surface area contributed by atoms with Crippen molar-refractivity contribution in [3.8, 4) is 0 Å². The molecule has 1 atom stereocenters. The molecule has 0 radical (unpaired) electrons. The average Bonchev–Trinajstić information content (AvgIpc) is 2.44. The molecule has 0 bridgehead atoms. The van der Waals surface area contributed by atoms with Gasteiger partial charge in [-0.25, -0.2) is 4.39 Å². The van der Waals surface area contributed by atoms with Crippen LogP contribution >= 0.6 is 0 Å². The number of aryl methyl sites for hydroxylation is 1. The van der Waals surface area contributed by atoms with Gasteiger partial charge in [0, 0.05) is 18.2 Å². The summed E-state index contributed by atoms with van der Waals surface area (Å²) in [5.74, 6) is -0.160. The zero-order chi connectivity index (χ0) is 15.0. The molecule has 1 aromatic carbocycles. The molecule has 0 heterocycles. The van der Waals surface area contributed by atoms with Crippen LogP contribution in [-0.2, 0) is 4.79 Å². The molecular formula is C16H26FNO. The van der Waals surface area contributed by atoms with Crippen molar-refractivity contribution in [1.29, 1.82) is 0 Å². The topological polar surface area (TPSA) is 20.3 Å². The van der Waals surface area contributed by atoms with Crippen LogP contribution in [0.2, 0.25) is 0 Å². The third-order valence-electron chi connectivity index (χ3n) is 3.02. The Hall–Kier alpha value is -1.38. The van der Waals surface area contributed by atoms with Gasteiger partial charge in [0.05, 0.1) is 0 Å². The number of halogens is 1. The van der Waals surface area contributed by atoms with E-state index >= 15 is 0 Å². The van der Waals surface area contributed by atoms with Crippen molar-refractivity contribution in [2.45, 2.75) is 60.4 Å². The third kappa shape index (κ3) is 4.66. The summed E-state index contributed by atoms with van der Waals surface area (Å²) in [4.78, 5) is 13.7. The highest BCUT2D eigenvalue weighted by atomic mass is 19.1. The van der Waals surface area contributed by atoms with E-state index in [1.54, 1.807) is 24.0 Å². The molecule has 0 saturated heterocycles. The first-order valence-corrected chi connectivity index (χ1v) is 7.09. The lowest BCUT2D eigenvalue weighted by Crippen LogP contribution is -2.38. The molecular weight excluding hydrogens is 241 g/mol. The van der Waals surface area contributed by atoms with Crippen LogP contribution in [0.3, 0.4) is 0 Å². The largest absolute Gasteiger partial charge is 0.310 e. The Morgan fingerprint density at radius 1 is 1.32 bits per heavy atom. The highest BCUT2D eigenvalue weighted by Gasteiger charge is 2.19. The van der Waals surface area contributed by atoms with Gasteiger partial charge in [0.1, 0.15) is 5.82 Å². The van der Waals surface area contributed by atoms with Gasteiger partial charge >= 0.3 is 0 Å². The van der Waals surface area contributed by atoms with Crippen molar-refractivity contribution in [2.24, 2.45) is 0 Å². The number of benzene rings is 1. The summed E-state index contributed by atoms with van der Waals surface area (Å²) in [5.41, 5.74) is 1.35. The lowest BCUT2D eigenvalue weighted by molar-refractivity contribution is -0.118. The monoisotopic (exact) mass is 267 g/mol. The Balaban J connectivity index is 0.00000154. The standard InChI is InChI=1S/C14H20FNO.C2H6/c1-5-11(4)16(14(17)6-2)12-7-8-13(15)10(3)9-12;1-2/h7-9,11H,5-6H2,1-4H3;1-2H3. The normalized spacial score (nSPS) is 11.3. The molecule has 0 aliphatic rings. The smallest absolute Gasteiger partial charge is 0.226 e. The molecule has 0 aliphatic carbocycles. The lowest BCUT2D eigenvalue weighted by Gasteiger charge is -2.28. The maximum Gasteiger partial charge on any atom is 0.226 e. The summed E-state index contributed by atoms with van der Waals surface area (Å²) in [6.45, 7) is 11.6. The van der Waals surface area contributed by atoms with Crippen LogP contribution in [0.5, 0.6) is 0 Å². The van der Waals surface area contributed by atoms with E-state index in [1.807, 2.05) is 34.6 Å². The maximum atomic E-state index is 13.2. The Morgan fingerprint density at radius 3 is 2.32 bits per heavy atom. The van der Waals surface area contributed by atoms with E-state index in [1.165, 1.54) is 6.07 Å². The molecule has 3 heteroatoms. The van der Waals surface area contributed by atoms with Gasteiger partial charge in [0.25, 0.3) is 0 Å². The van der Waals surface area contributed by atoms with Crippen molar-refractivity contribution in [2.75, 3.05) is 4.90 Å². The molecule has 0 spiro atoms. The SMILES string of the molecule is CC.CCC(=O)N(c1ccc(F)c(C)c1)C(C)CC. The van der Waals surface area contributed by atoms with Crippen molar-refractivity contribution in [1.82, 2.24) is 0 Å². The molecule has 0 fully saturated rings.